The molecule has 2 saturated carbocycles. The van der Waals surface area contributed by atoms with Crippen molar-refractivity contribution in [1.29, 1.82) is 0 Å². The summed E-state index contributed by atoms with van der Waals surface area (Å²) in [7, 11) is 0. The van der Waals surface area contributed by atoms with E-state index in [0.29, 0.717) is 0 Å². The van der Waals surface area contributed by atoms with E-state index in [1.807, 2.05) is 0 Å². The van der Waals surface area contributed by atoms with Crippen LogP contribution in [0.15, 0.2) is 0 Å². The van der Waals surface area contributed by atoms with Gasteiger partial charge >= 0.3 is 40.2 Å². The van der Waals surface area contributed by atoms with Crippen LogP contribution in [-0.2, 0) is 40.2 Å². The van der Waals surface area contributed by atoms with Gasteiger partial charge in [0.1, 0.15) is 0 Å². The molecule has 0 heterocycles. The Kier molecular flexibility index (Phi) is 38.5. The minimum Gasteiger partial charge on any atom is -1.00 e. The second kappa shape index (κ2) is 25.8. The quantitative estimate of drug-likeness (QED) is 0.303. The zero-order valence-corrected chi connectivity index (χ0v) is 18.0. The van der Waals surface area contributed by atoms with E-state index >= 15 is 0 Å². The Morgan fingerprint density at radius 1 is 0.300 bits per heavy atom. The zero-order valence-electron chi connectivity index (χ0n) is 11.7. The molecule has 0 aliphatic heterocycles. The zero-order chi connectivity index (χ0) is 11.3. The van der Waals surface area contributed by atoms with Gasteiger partial charge in [-0.3, -0.25) is 0 Å². The fourth-order valence-corrected chi connectivity index (χ4v) is 1.71. The standard InChI is InChI=1S/2C8H12.2ClH.2Ir/c2*1-2-4-6-8-7-5-3-1;;;;/h2*1-2,7-8H,3-6H2;2*1H;;/q;;;;2*+3/p-2. The Morgan fingerprint density at radius 2 is 0.400 bits per heavy atom. The van der Waals surface area contributed by atoms with E-state index in [-0.39, 0.29) is 65.0 Å². The SMILES string of the molecule is [CH]1[CH]CC[CH][CH]CC1.[CH]1[CH]CC[CH][CH]CC1.[Cl-].[Cl-].[Ir+3].[Ir+3]. The monoisotopic (exact) mass is 672 g/mol. The summed E-state index contributed by atoms with van der Waals surface area (Å²) in [5.41, 5.74) is 0. The molecule has 0 amide bonds. The fourth-order valence-electron chi connectivity index (χ4n) is 1.71. The number of hydrogen-bond acceptors (Lipinski definition) is 0. The maximum absolute atomic E-state index is 2.27. The summed E-state index contributed by atoms with van der Waals surface area (Å²) in [6.45, 7) is 0. The van der Waals surface area contributed by atoms with Crippen LogP contribution in [0.2, 0.25) is 0 Å². The molecule has 0 aromatic carbocycles. The Labute approximate surface area is 166 Å². The van der Waals surface area contributed by atoms with E-state index in [1.165, 1.54) is 51.4 Å². The van der Waals surface area contributed by atoms with Crippen molar-refractivity contribution in [2.45, 2.75) is 51.4 Å². The van der Waals surface area contributed by atoms with E-state index in [2.05, 4.69) is 51.4 Å². The van der Waals surface area contributed by atoms with Gasteiger partial charge in [0.2, 0.25) is 0 Å². The second-order valence-electron chi connectivity index (χ2n) is 4.20. The van der Waals surface area contributed by atoms with E-state index in [0.717, 1.165) is 0 Å². The minimum atomic E-state index is 0. The summed E-state index contributed by atoms with van der Waals surface area (Å²) in [5.74, 6) is 0. The Balaban J connectivity index is -0.000000107. The number of hydrogen-bond donors (Lipinski definition) is 0. The average Bonchev–Trinajstić information content (AvgIpc) is 2.15. The molecule has 0 atom stereocenters. The van der Waals surface area contributed by atoms with Gasteiger partial charge in [0.25, 0.3) is 0 Å². The van der Waals surface area contributed by atoms with Crippen LogP contribution in [0.4, 0.5) is 0 Å². The molecule has 0 spiro atoms. The molecule has 0 aromatic heterocycles. The summed E-state index contributed by atoms with van der Waals surface area (Å²) in [5, 5.41) is 0. The molecule has 8 radical (unpaired) electrons. The van der Waals surface area contributed by atoms with E-state index in [1.54, 1.807) is 0 Å². The van der Waals surface area contributed by atoms with E-state index < -0.39 is 0 Å². The largest absolute Gasteiger partial charge is 3.00 e. The van der Waals surface area contributed by atoms with Gasteiger partial charge in [0.05, 0.1) is 0 Å². The summed E-state index contributed by atoms with van der Waals surface area (Å²) in [6, 6.07) is 0. The Bertz CT molecular complexity index is 82.4. The molecule has 0 nitrogen and oxygen atoms in total. The molecule has 2 fully saturated rings. The van der Waals surface area contributed by atoms with Crippen molar-refractivity contribution in [3.8, 4) is 0 Å². The van der Waals surface area contributed by atoms with Crippen LogP contribution < -0.4 is 24.8 Å². The van der Waals surface area contributed by atoms with Crippen LogP contribution >= 0.6 is 0 Å². The molecule has 4 heteroatoms. The van der Waals surface area contributed by atoms with Crippen LogP contribution in [0.1, 0.15) is 51.4 Å². The Hall–Kier alpha value is 1.88. The van der Waals surface area contributed by atoms with Crippen molar-refractivity contribution >= 4 is 0 Å². The molecule has 2 aliphatic carbocycles. The third kappa shape index (κ3) is 22.2. The van der Waals surface area contributed by atoms with Crippen molar-refractivity contribution in [2.24, 2.45) is 0 Å². The molecule has 2 rings (SSSR count). The van der Waals surface area contributed by atoms with Gasteiger partial charge in [-0.1, -0.05) is 0 Å². The van der Waals surface area contributed by atoms with Gasteiger partial charge in [-0.15, -0.1) is 0 Å². The first-order valence-electron chi connectivity index (χ1n) is 6.60. The summed E-state index contributed by atoms with van der Waals surface area (Å²) >= 11 is 0. The van der Waals surface area contributed by atoms with Gasteiger partial charge in [0.15, 0.2) is 0 Å². The van der Waals surface area contributed by atoms with Gasteiger partial charge in [-0.05, 0) is 103 Å². The normalized spacial score (nSPS) is 19.2. The van der Waals surface area contributed by atoms with Crippen molar-refractivity contribution in [1.82, 2.24) is 0 Å². The van der Waals surface area contributed by atoms with Crippen LogP contribution in [0.25, 0.3) is 0 Å². The smallest absolute Gasteiger partial charge is 1.00 e. The maximum atomic E-state index is 2.27. The van der Waals surface area contributed by atoms with Crippen molar-refractivity contribution in [2.75, 3.05) is 0 Å². The van der Waals surface area contributed by atoms with Gasteiger partial charge in [-0.25, -0.2) is 0 Å². The molecule has 2 aliphatic rings. The summed E-state index contributed by atoms with van der Waals surface area (Å²) < 4.78 is 0. The minimum absolute atomic E-state index is 0. The van der Waals surface area contributed by atoms with Crippen LogP contribution in [-0.4, -0.2) is 0 Å². The molecule has 20 heavy (non-hydrogen) atoms. The van der Waals surface area contributed by atoms with Gasteiger partial charge < -0.3 is 24.8 Å². The van der Waals surface area contributed by atoms with E-state index in [4.69, 9.17) is 0 Å². The van der Waals surface area contributed by atoms with Gasteiger partial charge in [0, 0.05) is 0 Å². The molecular weight excluding hydrogens is 648 g/mol. The molecule has 0 unspecified atom stereocenters. The Morgan fingerprint density at radius 3 is 0.500 bits per heavy atom. The molecule has 116 valence electrons. The second-order valence-corrected chi connectivity index (χ2v) is 4.20. The molecule has 0 saturated heterocycles. The number of halogens is 2. The number of rotatable bonds is 0. The third-order valence-electron chi connectivity index (χ3n) is 2.67. The fraction of sp³-hybridized carbons (Fsp3) is 0.500. The van der Waals surface area contributed by atoms with Crippen molar-refractivity contribution in [3.63, 3.8) is 0 Å². The third-order valence-corrected chi connectivity index (χ3v) is 2.67. The molecule has 0 bridgehead atoms. The molecule has 0 N–H and O–H groups in total. The first-order chi connectivity index (χ1) is 8.00. The first-order valence-corrected chi connectivity index (χ1v) is 6.60. The maximum Gasteiger partial charge on any atom is 3.00 e. The summed E-state index contributed by atoms with van der Waals surface area (Å²) in [4.78, 5) is 0. The van der Waals surface area contributed by atoms with Crippen LogP contribution in [0.5, 0.6) is 0 Å². The van der Waals surface area contributed by atoms with Crippen molar-refractivity contribution < 1.29 is 65.0 Å². The van der Waals surface area contributed by atoms with Crippen LogP contribution in [0.3, 0.4) is 0 Å². The topological polar surface area (TPSA) is 0 Å². The van der Waals surface area contributed by atoms with E-state index in [9.17, 15) is 0 Å². The molecule has 0 aromatic rings. The summed E-state index contributed by atoms with van der Waals surface area (Å²) in [6.07, 6.45) is 28.0. The molecular formula is C16H24Cl2Ir2+4. The average molecular weight is 672 g/mol. The van der Waals surface area contributed by atoms with Crippen LogP contribution in [0, 0.1) is 51.4 Å². The predicted molar refractivity (Wildman–Crippen MR) is 71.3 cm³/mol. The first kappa shape index (κ1) is 29.8. The predicted octanol–water partition coefficient (Wildman–Crippen LogP) is -1.24. The van der Waals surface area contributed by atoms with Crippen molar-refractivity contribution in [3.05, 3.63) is 51.4 Å². The van der Waals surface area contributed by atoms with Gasteiger partial charge in [-0.2, -0.15) is 0 Å².